The van der Waals surface area contributed by atoms with Crippen molar-refractivity contribution in [1.82, 2.24) is 4.57 Å². The Labute approximate surface area is 240 Å². The summed E-state index contributed by atoms with van der Waals surface area (Å²) in [6.07, 6.45) is 1.82. The molecule has 2 aromatic carbocycles. The molecule has 0 aliphatic carbocycles. The van der Waals surface area contributed by atoms with Gasteiger partial charge in [0.25, 0.3) is 5.56 Å². The highest BCUT2D eigenvalue weighted by atomic mass is 79.9. The number of esters is 1. The molecule has 39 heavy (non-hydrogen) atoms. The number of allylic oxidation sites excluding steroid dienone is 1. The number of hydrogen-bond donors (Lipinski definition) is 0. The van der Waals surface area contributed by atoms with Crippen molar-refractivity contribution in [3.63, 3.8) is 0 Å². The van der Waals surface area contributed by atoms with Gasteiger partial charge in [0, 0.05) is 30.4 Å². The fraction of sp³-hybridized carbons (Fsp3) is 0.345. The van der Waals surface area contributed by atoms with E-state index in [9.17, 15) is 9.59 Å². The number of halogens is 1. The molecular weight excluding hydrogens is 582 g/mol. The van der Waals surface area contributed by atoms with Crippen molar-refractivity contribution in [2.45, 2.75) is 33.7 Å². The van der Waals surface area contributed by atoms with Crippen molar-refractivity contribution < 1.29 is 19.0 Å². The Morgan fingerprint density at radius 2 is 1.82 bits per heavy atom. The van der Waals surface area contributed by atoms with E-state index in [4.69, 9.17) is 14.2 Å². The van der Waals surface area contributed by atoms with Gasteiger partial charge in [-0.3, -0.25) is 9.36 Å². The van der Waals surface area contributed by atoms with E-state index in [0.29, 0.717) is 36.6 Å². The molecule has 0 unspecified atom stereocenters. The van der Waals surface area contributed by atoms with E-state index in [1.807, 2.05) is 36.4 Å². The summed E-state index contributed by atoms with van der Waals surface area (Å²) >= 11 is 4.81. The second-order valence-electron chi connectivity index (χ2n) is 8.79. The Bertz CT molecular complexity index is 1600. The van der Waals surface area contributed by atoms with Crippen molar-refractivity contribution in [3.05, 3.63) is 83.0 Å². The third-order valence-corrected chi connectivity index (χ3v) is 8.24. The monoisotopic (exact) mass is 613 g/mol. The quantitative estimate of drug-likeness (QED) is 0.332. The first-order chi connectivity index (χ1) is 18.8. The molecule has 1 aliphatic rings. The molecule has 0 saturated heterocycles. The summed E-state index contributed by atoms with van der Waals surface area (Å²) in [4.78, 5) is 34.4. The highest BCUT2D eigenvalue weighted by Gasteiger charge is 2.33. The zero-order chi connectivity index (χ0) is 28.3. The SMILES string of the molecule is CCOC(=O)C1=C(C)N=c2s/c(=C/c3ccc(N(CC)CC)cc3OC)c(=O)n2[C@H]1c1ccc(OC)c(Br)c1. The highest BCUT2D eigenvalue weighted by Crippen LogP contribution is 2.35. The normalized spacial score (nSPS) is 15.1. The smallest absolute Gasteiger partial charge is 0.338 e. The van der Waals surface area contributed by atoms with Gasteiger partial charge in [-0.1, -0.05) is 17.4 Å². The predicted molar refractivity (Wildman–Crippen MR) is 158 cm³/mol. The number of nitrogens with zero attached hydrogens (tertiary/aromatic N) is 3. The van der Waals surface area contributed by atoms with Crippen molar-refractivity contribution in [2.75, 3.05) is 38.8 Å². The summed E-state index contributed by atoms with van der Waals surface area (Å²) in [6.45, 7) is 9.69. The molecule has 1 atom stereocenters. The molecule has 0 amide bonds. The minimum Gasteiger partial charge on any atom is -0.496 e. The highest BCUT2D eigenvalue weighted by molar-refractivity contribution is 9.10. The summed E-state index contributed by atoms with van der Waals surface area (Å²) in [5.41, 5.74) is 3.15. The Morgan fingerprint density at radius 3 is 2.44 bits per heavy atom. The van der Waals surface area contributed by atoms with Gasteiger partial charge in [0.05, 0.1) is 47.1 Å². The lowest BCUT2D eigenvalue weighted by atomic mass is 9.96. The number of anilines is 1. The largest absolute Gasteiger partial charge is 0.496 e. The Morgan fingerprint density at radius 1 is 1.10 bits per heavy atom. The van der Waals surface area contributed by atoms with Crippen LogP contribution in [-0.2, 0) is 9.53 Å². The Balaban J connectivity index is 1.92. The molecule has 0 saturated carbocycles. The molecule has 0 N–H and O–H groups in total. The van der Waals surface area contributed by atoms with Gasteiger partial charge in [0.15, 0.2) is 4.80 Å². The number of carbonyl (C=O) groups is 1. The first-order valence-electron chi connectivity index (χ1n) is 12.7. The van der Waals surface area contributed by atoms with E-state index in [-0.39, 0.29) is 12.2 Å². The minimum absolute atomic E-state index is 0.211. The summed E-state index contributed by atoms with van der Waals surface area (Å²) in [5, 5.41) is 0. The molecular formula is C29H32BrN3O5S. The number of carbonyl (C=O) groups excluding carboxylic acids is 1. The molecule has 206 valence electrons. The maximum absolute atomic E-state index is 13.9. The maximum Gasteiger partial charge on any atom is 0.338 e. The molecule has 0 spiro atoms. The molecule has 0 radical (unpaired) electrons. The second-order valence-corrected chi connectivity index (χ2v) is 10.7. The zero-order valence-corrected chi connectivity index (χ0v) is 25.3. The van der Waals surface area contributed by atoms with Crippen LogP contribution in [0.15, 0.2) is 61.9 Å². The van der Waals surface area contributed by atoms with Gasteiger partial charge < -0.3 is 19.1 Å². The number of rotatable bonds is 9. The molecule has 0 bridgehead atoms. The molecule has 2 heterocycles. The number of ether oxygens (including phenoxy) is 3. The zero-order valence-electron chi connectivity index (χ0n) is 22.9. The maximum atomic E-state index is 13.9. The third-order valence-electron chi connectivity index (χ3n) is 6.64. The van der Waals surface area contributed by atoms with E-state index >= 15 is 0 Å². The molecule has 3 aromatic rings. The van der Waals surface area contributed by atoms with Crippen LogP contribution in [0.4, 0.5) is 5.69 Å². The number of aromatic nitrogens is 1. The first kappa shape index (κ1) is 28.6. The van der Waals surface area contributed by atoms with Gasteiger partial charge in [0.2, 0.25) is 0 Å². The van der Waals surface area contributed by atoms with Crippen LogP contribution >= 0.6 is 27.3 Å². The van der Waals surface area contributed by atoms with Crippen LogP contribution in [0.1, 0.15) is 44.9 Å². The molecule has 8 nitrogen and oxygen atoms in total. The lowest BCUT2D eigenvalue weighted by molar-refractivity contribution is -0.139. The van der Waals surface area contributed by atoms with E-state index < -0.39 is 12.0 Å². The number of hydrogen-bond acceptors (Lipinski definition) is 8. The van der Waals surface area contributed by atoms with Gasteiger partial charge in [-0.05, 0) is 79.5 Å². The predicted octanol–water partition coefficient (Wildman–Crippen LogP) is 4.42. The average molecular weight is 615 g/mol. The summed E-state index contributed by atoms with van der Waals surface area (Å²) in [7, 11) is 3.20. The van der Waals surface area contributed by atoms with Crippen LogP contribution in [0.5, 0.6) is 11.5 Å². The van der Waals surface area contributed by atoms with Gasteiger partial charge in [-0.25, -0.2) is 9.79 Å². The topological polar surface area (TPSA) is 82.4 Å². The van der Waals surface area contributed by atoms with Crippen LogP contribution in [-0.4, -0.2) is 44.5 Å². The van der Waals surface area contributed by atoms with Gasteiger partial charge >= 0.3 is 5.97 Å². The van der Waals surface area contributed by atoms with Crippen molar-refractivity contribution >= 4 is 45.0 Å². The van der Waals surface area contributed by atoms with Crippen LogP contribution in [0, 0.1) is 0 Å². The van der Waals surface area contributed by atoms with Crippen LogP contribution in [0.25, 0.3) is 6.08 Å². The fourth-order valence-electron chi connectivity index (χ4n) is 4.71. The molecule has 0 fully saturated rings. The Kier molecular flexibility index (Phi) is 8.97. The van der Waals surface area contributed by atoms with E-state index in [0.717, 1.165) is 29.9 Å². The number of fused-ring (bicyclic) bond motifs is 1. The van der Waals surface area contributed by atoms with E-state index in [1.165, 1.54) is 11.3 Å². The fourth-order valence-corrected chi connectivity index (χ4v) is 6.30. The van der Waals surface area contributed by atoms with Gasteiger partial charge in [0.1, 0.15) is 11.5 Å². The summed E-state index contributed by atoms with van der Waals surface area (Å²) in [6, 6.07) is 10.8. The average Bonchev–Trinajstić information content (AvgIpc) is 3.23. The first-order valence-corrected chi connectivity index (χ1v) is 14.3. The molecule has 1 aliphatic heterocycles. The van der Waals surface area contributed by atoms with E-state index in [2.05, 4.69) is 39.7 Å². The lowest BCUT2D eigenvalue weighted by Crippen LogP contribution is -2.40. The van der Waals surface area contributed by atoms with Gasteiger partial charge in [-0.2, -0.15) is 0 Å². The standard InChI is InChI=1S/C29H32BrN3O5S/c1-7-32(8-2)20-12-10-18(23(16-20)37-6)15-24-27(34)33-26(19-11-13-22(36-5)21(30)14-19)25(28(35)38-9-3)17(4)31-29(33)39-24/h10-16,26H,7-9H2,1-6H3/b24-15+/t26-/m0/s1. The van der Waals surface area contributed by atoms with E-state index in [1.54, 1.807) is 38.7 Å². The van der Waals surface area contributed by atoms with Crippen molar-refractivity contribution in [2.24, 2.45) is 4.99 Å². The van der Waals surface area contributed by atoms with Crippen molar-refractivity contribution in [1.29, 1.82) is 0 Å². The number of thiazole rings is 1. The Hall–Kier alpha value is -3.37. The number of benzene rings is 2. The number of methoxy groups -OCH3 is 2. The third kappa shape index (κ3) is 5.53. The van der Waals surface area contributed by atoms with Gasteiger partial charge in [-0.15, -0.1) is 0 Å². The summed E-state index contributed by atoms with van der Waals surface area (Å²) in [5.74, 6) is 0.813. The second kappa shape index (κ2) is 12.2. The van der Waals surface area contributed by atoms with Crippen molar-refractivity contribution in [3.8, 4) is 11.5 Å². The molecule has 4 rings (SSSR count). The van der Waals surface area contributed by atoms with Crippen LogP contribution < -0.4 is 29.3 Å². The van der Waals surface area contributed by atoms with Crippen LogP contribution in [0.2, 0.25) is 0 Å². The minimum atomic E-state index is -0.711. The summed E-state index contributed by atoms with van der Waals surface area (Å²) < 4.78 is 19.2. The molecule has 10 heteroatoms. The lowest BCUT2D eigenvalue weighted by Gasteiger charge is -2.25. The molecule has 1 aromatic heterocycles. The van der Waals surface area contributed by atoms with Crippen LogP contribution in [0.3, 0.4) is 0 Å².